The monoisotopic (exact) mass is 428 g/mol. The molecule has 1 fully saturated rings. The number of aliphatic hydroxyl groups is 1. The molecule has 3 aromatic rings. The van der Waals surface area contributed by atoms with Crippen molar-refractivity contribution in [3.05, 3.63) is 47.8 Å². The first-order valence-electron chi connectivity index (χ1n) is 9.73. The zero-order valence-corrected chi connectivity index (χ0v) is 17.6. The van der Waals surface area contributed by atoms with E-state index in [4.69, 9.17) is 10.3 Å². The van der Waals surface area contributed by atoms with Gasteiger partial charge in [0, 0.05) is 23.9 Å². The number of hydrogen-bond acceptors (Lipinski definition) is 7. The predicted molar refractivity (Wildman–Crippen MR) is 113 cm³/mol. The van der Waals surface area contributed by atoms with Crippen molar-refractivity contribution >= 4 is 15.8 Å². The number of aliphatic hydroxyl groups excluding tert-OH is 1. The molecule has 8 nitrogen and oxygen atoms in total. The summed E-state index contributed by atoms with van der Waals surface area (Å²) in [5, 5.41) is 13.6. The molecule has 1 aliphatic rings. The van der Waals surface area contributed by atoms with E-state index in [2.05, 4.69) is 14.9 Å². The number of nitrogens with one attached hydrogen (secondary N) is 1. The van der Waals surface area contributed by atoms with Crippen molar-refractivity contribution in [2.75, 3.05) is 5.73 Å². The number of hydrogen-bond donors (Lipinski definition) is 3. The Labute approximate surface area is 175 Å². The average Bonchev–Trinajstić information content (AvgIpc) is 3.30. The van der Waals surface area contributed by atoms with Crippen molar-refractivity contribution < 1.29 is 18.0 Å². The average molecular weight is 429 g/mol. The summed E-state index contributed by atoms with van der Waals surface area (Å²) in [6, 6.07) is 8.31. The van der Waals surface area contributed by atoms with Crippen LogP contribution in [0.2, 0.25) is 0 Å². The Balaban J connectivity index is 1.70. The van der Waals surface area contributed by atoms with Crippen LogP contribution in [0.1, 0.15) is 30.5 Å². The van der Waals surface area contributed by atoms with E-state index in [9.17, 15) is 13.5 Å². The zero-order valence-electron chi connectivity index (χ0n) is 16.8. The summed E-state index contributed by atoms with van der Waals surface area (Å²) in [4.78, 5) is 4.43. The van der Waals surface area contributed by atoms with E-state index in [1.807, 2.05) is 19.9 Å². The van der Waals surface area contributed by atoms with E-state index in [0.29, 0.717) is 36.4 Å². The van der Waals surface area contributed by atoms with E-state index >= 15 is 0 Å². The van der Waals surface area contributed by atoms with Gasteiger partial charge < -0.3 is 15.4 Å². The first-order valence-corrected chi connectivity index (χ1v) is 11.2. The van der Waals surface area contributed by atoms with Gasteiger partial charge in [-0.25, -0.2) is 18.1 Å². The number of nitrogens with zero attached hydrogens (tertiary/aromatic N) is 2. The topological polar surface area (TPSA) is 131 Å². The van der Waals surface area contributed by atoms with Crippen LogP contribution in [0.3, 0.4) is 0 Å². The fourth-order valence-electron chi connectivity index (χ4n) is 3.74. The van der Waals surface area contributed by atoms with Gasteiger partial charge in [-0.2, -0.15) is 0 Å². The first-order chi connectivity index (χ1) is 14.2. The number of pyridine rings is 1. The molecule has 1 saturated carbocycles. The van der Waals surface area contributed by atoms with Crippen LogP contribution in [0.25, 0.3) is 22.5 Å². The van der Waals surface area contributed by atoms with Gasteiger partial charge >= 0.3 is 0 Å². The van der Waals surface area contributed by atoms with Crippen molar-refractivity contribution in [2.24, 2.45) is 0 Å². The molecule has 158 valence electrons. The van der Waals surface area contributed by atoms with Gasteiger partial charge in [-0.15, -0.1) is 0 Å². The number of nitrogens with two attached hydrogens (primary N) is 1. The van der Waals surface area contributed by atoms with E-state index < -0.39 is 16.1 Å². The molecule has 0 spiro atoms. The summed E-state index contributed by atoms with van der Waals surface area (Å²) >= 11 is 0. The first kappa shape index (κ1) is 20.5. The Hall–Kier alpha value is -2.75. The highest BCUT2D eigenvalue weighted by Crippen LogP contribution is 2.32. The Morgan fingerprint density at radius 2 is 1.97 bits per heavy atom. The van der Waals surface area contributed by atoms with Crippen molar-refractivity contribution in [1.29, 1.82) is 0 Å². The second-order valence-electron chi connectivity index (χ2n) is 7.75. The maximum absolute atomic E-state index is 12.9. The lowest BCUT2D eigenvalue weighted by molar-refractivity contribution is 0.181. The summed E-state index contributed by atoms with van der Waals surface area (Å²) in [5.41, 5.74) is 9.70. The standard InChI is InChI=1S/C21H24N4O4S/c1-12-3-6-17(30(27,28)25-15-4-5-16(26)9-15)10-18(12)14-8-19(21(22)23-11-14)20-7-13(2)24-29-20/h3,6-8,10-11,15-16,25-26H,4-5,9H2,1-2H3,(H2,22,23)/t15?,16-/m0/s1. The molecule has 1 unspecified atom stereocenters. The van der Waals surface area contributed by atoms with Crippen LogP contribution in [-0.2, 0) is 10.0 Å². The molecule has 0 aliphatic heterocycles. The molecule has 4 N–H and O–H groups in total. The summed E-state index contributed by atoms with van der Waals surface area (Å²) in [6.07, 6.45) is 2.82. The van der Waals surface area contributed by atoms with E-state index in [1.165, 1.54) is 0 Å². The molecule has 0 radical (unpaired) electrons. The molecule has 1 aromatic carbocycles. The zero-order chi connectivity index (χ0) is 21.5. The minimum Gasteiger partial charge on any atom is -0.393 e. The normalized spacial score (nSPS) is 19.3. The van der Waals surface area contributed by atoms with E-state index in [1.54, 1.807) is 30.5 Å². The number of sulfonamides is 1. The summed E-state index contributed by atoms with van der Waals surface area (Å²) < 4.78 is 33.8. The Morgan fingerprint density at radius 3 is 2.63 bits per heavy atom. The SMILES string of the molecule is Cc1cc(-c2cc(-c3cc(S(=O)(=O)NC4CC[C@H](O)C4)ccc3C)cnc2N)on1. The minimum atomic E-state index is -3.72. The van der Waals surface area contributed by atoms with Gasteiger partial charge in [-0.05, 0) is 62.4 Å². The molecular weight excluding hydrogens is 404 g/mol. The van der Waals surface area contributed by atoms with Crippen LogP contribution in [0.5, 0.6) is 0 Å². The van der Waals surface area contributed by atoms with Gasteiger partial charge in [-0.1, -0.05) is 11.2 Å². The third-order valence-corrected chi connectivity index (χ3v) is 6.89. The van der Waals surface area contributed by atoms with Crippen LogP contribution >= 0.6 is 0 Å². The molecule has 0 bridgehead atoms. The van der Waals surface area contributed by atoms with Gasteiger partial charge in [-0.3, -0.25) is 0 Å². The van der Waals surface area contributed by atoms with Crippen LogP contribution in [0.4, 0.5) is 5.82 Å². The second-order valence-corrected chi connectivity index (χ2v) is 9.47. The molecule has 2 heterocycles. The molecular formula is C21H24N4O4S. The Morgan fingerprint density at radius 1 is 1.17 bits per heavy atom. The number of aryl methyl sites for hydroxylation is 2. The van der Waals surface area contributed by atoms with Crippen LogP contribution in [0, 0.1) is 13.8 Å². The largest absolute Gasteiger partial charge is 0.393 e. The highest BCUT2D eigenvalue weighted by Gasteiger charge is 2.28. The third kappa shape index (κ3) is 4.09. The lowest BCUT2D eigenvalue weighted by atomic mass is 10.00. The third-order valence-electron chi connectivity index (χ3n) is 5.37. The molecule has 0 amide bonds. The minimum absolute atomic E-state index is 0.165. The lowest BCUT2D eigenvalue weighted by Gasteiger charge is -2.15. The maximum Gasteiger partial charge on any atom is 0.240 e. The fraction of sp³-hybridized carbons (Fsp3) is 0.333. The van der Waals surface area contributed by atoms with Crippen molar-refractivity contribution in [3.63, 3.8) is 0 Å². The predicted octanol–water partition coefficient (Wildman–Crippen LogP) is 2.79. The second kappa shape index (κ2) is 7.82. The molecule has 0 saturated heterocycles. The molecule has 9 heteroatoms. The Bertz CT molecular complexity index is 1190. The number of anilines is 1. The van der Waals surface area contributed by atoms with Crippen LogP contribution in [-0.4, -0.2) is 35.8 Å². The summed E-state index contributed by atoms with van der Waals surface area (Å²) in [6.45, 7) is 3.72. The van der Waals surface area contributed by atoms with Gasteiger partial charge in [0.25, 0.3) is 0 Å². The van der Waals surface area contributed by atoms with Crippen LogP contribution in [0.15, 0.2) is 45.9 Å². The number of benzene rings is 1. The summed E-state index contributed by atoms with van der Waals surface area (Å²) in [5.74, 6) is 0.806. The van der Waals surface area contributed by atoms with Crippen molar-refractivity contribution in [2.45, 2.75) is 50.2 Å². The number of nitrogen functional groups attached to an aromatic ring is 1. The van der Waals surface area contributed by atoms with Crippen LogP contribution < -0.4 is 10.5 Å². The van der Waals surface area contributed by atoms with Crippen molar-refractivity contribution in [1.82, 2.24) is 14.9 Å². The van der Waals surface area contributed by atoms with E-state index in [0.717, 1.165) is 22.4 Å². The van der Waals surface area contributed by atoms with Gasteiger partial charge in [0.05, 0.1) is 22.3 Å². The fourth-order valence-corrected chi connectivity index (χ4v) is 5.05. The molecule has 30 heavy (non-hydrogen) atoms. The summed E-state index contributed by atoms with van der Waals surface area (Å²) in [7, 11) is -3.72. The van der Waals surface area contributed by atoms with Gasteiger partial charge in [0.15, 0.2) is 5.76 Å². The molecule has 4 rings (SSSR count). The lowest BCUT2D eigenvalue weighted by Crippen LogP contribution is -2.33. The van der Waals surface area contributed by atoms with Crippen molar-refractivity contribution in [3.8, 4) is 22.5 Å². The number of rotatable bonds is 5. The highest BCUT2D eigenvalue weighted by molar-refractivity contribution is 7.89. The highest BCUT2D eigenvalue weighted by atomic mass is 32.2. The quantitative estimate of drug-likeness (QED) is 0.569. The van der Waals surface area contributed by atoms with Gasteiger partial charge in [0.1, 0.15) is 5.82 Å². The number of aromatic nitrogens is 2. The molecule has 2 aromatic heterocycles. The molecule has 2 atom stereocenters. The molecule has 1 aliphatic carbocycles. The van der Waals surface area contributed by atoms with Gasteiger partial charge in [0.2, 0.25) is 10.0 Å². The van der Waals surface area contributed by atoms with E-state index in [-0.39, 0.29) is 10.9 Å². The smallest absolute Gasteiger partial charge is 0.240 e. The Kier molecular flexibility index (Phi) is 5.35. The maximum atomic E-state index is 12.9.